The molecule has 4 N–H and O–H groups in total. The molecular weight excluding hydrogens is 424 g/mol. The molecule has 33 heavy (non-hydrogen) atoms. The number of carboxylic acids is 1. The number of amides is 1. The molecule has 0 radical (unpaired) electrons. The zero-order valence-electron chi connectivity index (χ0n) is 20.0. The first-order chi connectivity index (χ1) is 15.5. The summed E-state index contributed by atoms with van der Waals surface area (Å²) >= 11 is 0. The van der Waals surface area contributed by atoms with Gasteiger partial charge in [-0.2, -0.15) is 0 Å². The summed E-state index contributed by atoms with van der Waals surface area (Å²) in [5.41, 5.74) is 1.84. The van der Waals surface area contributed by atoms with Gasteiger partial charge in [-0.3, -0.25) is 4.79 Å². The molecule has 7 atom stereocenters. The summed E-state index contributed by atoms with van der Waals surface area (Å²) in [4.78, 5) is 27.9. The highest BCUT2D eigenvalue weighted by molar-refractivity contribution is 5.96. The van der Waals surface area contributed by atoms with Crippen LogP contribution in [0.5, 0.6) is 0 Å². The zero-order chi connectivity index (χ0) is 24.0. The first-order valence-corrected chi connectivity index (χ1v) is 12.3. The molecule has 0 aromatic heterocycles. The summed E-state index contributed by atoms with van der Waals surface area (Å²) in [6, 6.07) is -1.35. The van der Waals surface area contributed by atoms with Crippen LogP contribution in [0.2, 0.25) is 0 Å². The number of carbonyl (C=O) groups is 2. The summed E-state index contributed by atoms with van der Waals surface area (Å²) in [7, 11) is 0. The number of hydrogen-bond donors (Lipinski definition) is 4. The van der Waals surface area contributed by atoms with E-state index in [2.05, 4.69) is 30.4 Å². The number of fused-ring (bicyclic) bond motifs is 5. The van der Waals surface area contributed by atoms with E-state index in [-0.39, 0.29) is 10.8 Å². The van der Waals surface area contributed by atoms with Crippen LogP contribution >= 0.6 is 0 Å². The van der Waals surface area contributed by atoms with Gasteiger partial charge in [-0.1, -0.05) is 24.6 Å². The summed E-state index contributed by atoms with van der Waals surface area (Å²) in [6.45, 7) is 5.68. The SMILES string of the molecule is C[C@]12CC/C(=N\OCC(=O)N[C@H](CO)C(=O)O)C=C1CC[C@@H]1[C@@H]2CC[C@@]2(C)[C@H]1CC[C@]2(C)O. The van der Waals surface area contributed by atoms with E-state index in [1.807, 2.05) is 6.92 Å². The van der Waals surface area contributed by atoms with Gasteiger partial charge in [0.25, 0.3) is 5.91 Å². The molecule has 184 valence electrons. The van der Waals surface area contributed by atoms with E-state index in [4.69, 9.17) is 15.1 Å². The van der Waals surface area contributed by atoms with Crippen LogP contribution in [-0.2, 0) is 14.4 Å². The van der Waals surface area contributed by atoms with Crippen LogP contribution in [-0.4, -0.2) is 57.8 Å². The molecule has 0 spiro atoms. The van der Waals surface area contributed by atoms with Gasteiger partial charge in [-0.05, 0) is 93.0 Å². The molecule has 4 rings (SSSR count). The second kappa shape index (κ2) is 8.69. The molecular formula is C25H38N2O6. The van der Waals surface area contributed by atoms with Crippen molar-refractivity contribution < 1.29 is 29.7 Å². The van der Waals surface area contributed by atoms with Crippen LogP contribution in [0.15, 0.2) is 16.8 Å². The number of aliphatic hydroxyl groups is 2. The van der Waals surface area contributed by atoms with E-state index in [1.165, 1.54) is 5.57 Å². The minimum Gasteiger partial charge on any atom is -0.480 e. The third-order valence-corrected chi connectivity index (χ3v) is 9.73. The molecule has 0 saturated heterocycles. The maximum atomic E-state index is 11.8. The quantitative estimate of drug-likeness (QED) is 0.449. The highest BCUT2D eigenvalue weighted by atomic mass is 16.6. The number of rotatable bonds is 6. The second-order valence-corrected chi connectivity index (χ2v) is 11.3. The average Bonchev–Trinajstić information content (AvgIpc) is 3.01. The number of hydrogen-bond acceptors (Lipinski definition) is 6. The Balaban J connectivity index is 1.41. The van der Waals surface area contributed by atoms with Gasteiger partial charge in [-0.15, -0.1) is 0 Å². The second-order valence-electron chi connectivity index (χ2n) is 11.3. The third-order valence-electron chi connectivity index (χ3n) is 9.73. The minimum absolute atomic E-state index is 0.0249. The van der Waals surface area contributed by atoms with Crippen molar-refractivity contribution in [1.82, 2.24) is 5.32 Å². The van der Waals surface area contributed by atoms with Crippen molar-refractivity contribution in [2.75, 3.05) is 13.2 Å². The number of carbonyl (C=O) groups excluding carboxylic acids is 1. The van der Waals surface area contributed by atoms with E-state index in [1.54, 1.807) is 0 Å². The topological polar surface area (TPSA) is 128 Å². The lowest BCUT2D eigenvalue weighted by Gasteiger charge is -2.59. The molecule has 0 unspecified atom stereocenters. The van der Waals surface area contributed by atoms with Crippen LogP contribution in [0.4, 0.5) is 0 Å². The van der Waals surface area contributed by atoms with Crippen LogP contribution < -0.4 is 5.32 Å². The van der Waals surface area contributed by atoms with Crippen LogP contribution in [0.3, 0.4) is 0 Å². The van der Waals surface area contributed by atoms with Crippen molar-refractivity contribution in [3.63, 3.8) is 0 Å². The Kier molecular flexibility index (Phi) is 6.37. The molecule has 3 fully saturated rings. The Bertz CT molecular complexity index is 867. The standard InChI is InChI=1S/C25H38N2O6/c1-23-9-6-16(27-33-14-21(29)26-20(13-28)22(30)31)12-15(23)4-5-17-18(23)7-10-24(2)19(17)8-11-25(24,3)32/h12,17-20,28,32H,4-11,13-14H2,1-3H3,(H,26,29)(H,30,31)/b27-16+/t17-,18+,19+,20-,23+,24+,25+/m1/s1. The summed E-state index contributed by atoms with van der Waals surface area (Å²) in [5, 5.41) is 35.3. The lowest BCUT2D eigenvalue weighted by molar-refractivity contribution is -0.143. The van der Waals surface area contributed by atoms with Gasteiger partial charge in [0.1, 0.15) is 6.04 Å². The summed E-state index contributed by atoms with van der Waals surface area (Å²) < 4.78 is 0. The largest absolute Gasteiger partial charge is 0.480 e. The van der Waals surface area contributed by atoms with Gasteiger partial charge in [0.2, 0.25) is 0 Å². The molecule has 0 bridgehead atoms. The molecule has 0 heterocycles. The maximum Gasteiger partial charge on any atom is 0.328 e. The number of carboxylic acid groups (broad SMARTS) is 1. The average molecular weight is 463 g/mol. The molecule has 3 saturated carbocycles. The van der Waals surface area contributed by atoms with Gasteiger partial charge < -0.3 is 25.5 Å². The Morgan fingerprint density at radius 2 is 1.88 bits per heavy atom. The Morgan fingerprint density at radius 3 is 2.58 bits per heavy atom. The van der Waals surface area contributed by atoms with E-state index >= 15 is 0 Å². The van der Waals surface area contributed by atoms with E-state index in [9.17, 15) is 14.7 Å². The van der Waals surface area contributed by atoms with Crippen LogP contribution in [0, 0.1) is 28.6 Å². The Labute approximate surface area is 195 Å². The Hall–Kier alpha value is -1.93. The van der Waals surface area contributed by atoms with Gasteiger partial charge in [0.15, 0.2) is 6.61 Å². The fourth-order valence-corrected chi connectivity index (χ4v) is 7.48. The maximum absolute atomic E-state index is 11.8. The lowest BCUT2D eigenvalue weighted by atomic mass is 9.46. The van der Waals surface area contributed by atoms with Gasteiger partial charge in [0.05, 0.1) is 17.9 Å². The van der Waals surface area contributed by atoms with Crippen LogP contribution in [0.25, 0.3) is 0 Å². The highest BCUT2D eigenvalue weighted by Crippen LogP contribution is 2.67. The monoisotopic (exact) mass is 462 g/mol. The van der Waals surface area contributed by atoms with Crippen molar-refractivity contribution in [3.05, 3.63) is 11.6 Å². The predicted molar refractivity (Wildman–Crippen MR) is 122 cm³/mol. The first kappa shape index (κ1) is 24.2. The molecule has 0 aliphatic heterocycles. The molecule has 0 aromatic carbocycles. The number of aliphatic hydroxyl groups excluding tert-OH is 1. The number of nitrogens with zero attached hydrogens (tertiary/aromatic N) is 1. The van der Waals surface area contributed by atoms with E-state index < -0.39 is 36.7 Å². The summed E-state index contributed by atoms with van der Waals surface area (Å²) in [5.74, 6) is -0.0492. The van der Waals surface area contributed by atoms with E-state index in [0.29, 0.717) is 17.8 Å². The summed E-state index contributed by atoms with van der Waals surface area (Å²) in [6.07, 6.45) is 10.4. The molecule has 4 aliphatic carbocycles. The Morgan fingerprint density at radius 1 is 1.15 bits per heavy atom. The van der Waals surface area contributed by atoms with Gasteiger partial charge in [0, 0.05) is 0 Å². The van der Waals surface area contributed by atoms with E-state index in [0.717, 1.165) is 57.1 Å². The smallest absolute Gasteiger partial charge is 0.328 e. The van der Waals surface area contributed by atoms with Crippen molar-refractivity contribution in [2.24, 2.45) is 33.7 Å². The minimum atomic E-state index is -1.35. The fourth-order valence-electron chi connectivity index (χ4n) is 7.48. The molecule has 4 aliphatic rings. The van der Waals surface area contributed by atoms with Crippen LogP contribution in [0.1, 0.15) is 72.1 Å². The number of nitrogens with one attached hydrogen (secondary N) is 1. The van der Waals surface area contributed by atoms with Gasteiger partial charge >= 0.3 is 5.97 Å². The van der Waals surface area contributed by atoms with Crippen molar-refractivity contribution in [3.8, 4) is 0 Å². The fraction of sp³-hybridized carbons (Fsp3) is 0.800. The highest BCUT2D eigenvalue weighted by Gasteiger charge is 2.62. The normalized spacial score (nSPS) is 41.9. The van der Waals surface area contributed by atoms with Gasteiger partial charge in [-0.25, -0.2) is 4.79 Å². The first-order valence-electron chi connectivity index (χ1n) is 12.3. The number of allylic oxidation sites excluding steroid dienone is 2. The zero-order valence-corrected chi connectivity index (χ0v) is 20.0. The van der Waals surface area contributed by atoms with Crippen molar-refractivity contribution in [1.29, 1.82) is 0 Å². The van der Waals surface area contributed by atoms with Crippen molar-refractivity contribution >= 4 is 17.6 Å². The molecule has 8 nitrogen and oxygen atoms in total. The predicted octanol–water partition coefficient (Wildman–Crippen LogP) is 2.63. The molecule has 1 amide bonds. The number of oxime groups is 1. The molecule has 0 aromatic rings. The van der Waals surface area contributed by atoms with Crippen molar-refractivity contribution in [2.45, 2.75) is 83.8 Å². The number of aliphatic carboxylic acids is 1. The molecule has 8 heteroatoms. The third kappa shape index (κ3) is 4.09. The lowest BCUT2D eigenvalue weighted by Crippen LogP contribution is -2.53.